The summed E-state index contributed by atoms with van der Waals surface area (Å²) in [7, 11) is 0. The first kappa shape index (κ1) is 10.6. The molecule has 3 nitrogen and oxygen atoms in total. The van der Waals surface area contributed by atoms with Crippen molar-refractivity contribution in [3.05, 3.63) is 0 Å². The predicted molar refractivity (Wildman–Crippen MR) is 44.2 cm³/mol. The molecule has 0 radical (unpaired) electrons. The van der Waals surface area contributed by atoms with Crippen molar-refractivity contribution >= 4 is 5.78 Å². The number of aliphatic hydroxyl groups excluding tert-OH is 1. The molecule has 1 atom stereocenters. The third kappa shape index (κ3) is 4.93. The van der Waals surface area contributed by atoms with Crippen molar-refractivity contribution < 1.29 is 9.90 Å². The zero-order chi connectivity index (χ0) is 8.69. The molecule has 0 heterocycles. The molecule has 0 aromatic heterocycles. The molecule has 0 amide bonds. The molecule has 0 aliphatic heterocycles. The second-order valence-corrected chi connectivity index (χ2v) is 2.67. The quantitative estimate of drug-likeness (QED) is 0.553. The first-order valence-corrected chi connectivity index (χ1v) is 4.13. The van der Waals surface area contributed by atoms with Gasteiger partial charge in [-0.1, -0.05) is 19.8 Å². The molecule has 0 saturated carbocycles. The Morgan fingerprint density at radius 3 is 2.64 bits per heavy atom. The molecular formula is C8H17NO2. The fraction of sp³-hybridized carbons (Fsp3) is 0.875. The summed E-state index contributed by atoms with van der Waals surface area (Å²) in [5.41, 5.74) is 5.11. The summed E-state index contributed by atoms with van der Waals surface area (Å²) in [5.74, 6) is -0.124. The molecule has 0 saturated heterocycles. The lowest BCUT2D eigenvalue weighted by Gasteiger charge is -2.04. The topological polar surface area (TPSA) is 63.3 Å². The highest BCUT2D eigenvalue weighted by Gasteiger charge is 2.11. The third-order valence-corrected chi connectivity index (χ3v) is 1.62. The van der Waals surface area contributed by atoms with Crippen LogP contribution in [0.2, 0.25) is 0 Å². The Balaban J connectivity index is 3.36. The minimum Gasteiger partial charge on any atom is -0.384 e. The Hall–Kier alpha value is -0.410. The maximum atomic E-state index is 10.9. The van der Waals surface area contributed by atoms with Gasteiger partial charge in [-0.3, -0.25) is 4.79 Å². The summed E-state index contributed by atoms with van der Waals surface area (Å²) in [6.45, 7) is 2.12. The van der Waals surface area contributed by atoms with E-state index in [4.69, 9.17) is 10.8 Å². The Bertz CT molecular complexity index is 115. The number of hydrogen-bond acceptors (Lipinski definition) is 3. The van der Waals surface area contributed by atoms with Crippen molar-refractivity contribution in [3.8, 4) is 0 Å². The van der Waals surface area contributed by atoms with E-state index in [0.717, 1.165) is 19.3 Å². The second-order valence-electron chi connectivity index (χ2n) is 2.67. The van der Waals surface area contributed by atoms with Gasteiger partial charge in [-0.25, -0.2) is 0 Å². The zero-order valence-electron chi connectivity index (χ0n) is 7.05. The molecule has 0 rings (SSSR count). The normalized spacial score (nSPS) is 13.0. The van der Waals surface area contributed by atoms with E-state index in [2.05, 4.69) is 6.92 Å². The van der Waals surface area contributed by atoms with Gasteiger partial charge in [0.2, 0.25) is 0 Å². The van der Waals surface area contributed by atoms with Crippen LogP contribution in [0.4, 0.5) is 0 Å². The summed E-state index contributed by atoms with van der Waals surface area (Å²) in [5, 5.41) is 8.95. The van der Waals surface area contributed by atoms with E-state index in [9.17, 15) is 4.79 Å². The van der Waals surface area contributed by atoms with Gasteiger partial charge in [0.15, 0.2) is 5.78 Å². The second kappa shape index (κ2) is 6.31. The highest BCUT2D eigenvalue weighted by atomic mass is 16.3. The van der Waals surface area contributed by atoms with Crippen LogP contribution in [0.25, 0.3) is 0 Å². The summed E-state index contributed by atoms with van der Waals surface area (Å²) < 4.78 is 0. The Labute approximate surface area is 67.6 Å². The minimum atomic E-state index is -0.938. The summed E-state index contributed by atoms with van der Waals surface area (Å²) in [6.07, 6.45) is 2.53. The average molecular weight is 159 g/mol. The van der Waals surface area contributed by atoms with E-state index in [0.29, 0.717) is 6.42 Å². The first-order chi connectivity index (χ1) is 5.22. The van der Waals surface area contributed by atoms with Crippen LogP contribution in [-0.4, -0.2) is 23.5 Å². The molecule has 66 valence electrons. The number of nitrogens with two attached hydrogens (primary N) is 1. The van der Waals surface area contributed by atoms with E-state index >= 15 is 0 Å². The molecule has 11 heavy (non-hydrogen) atoms. The maximum absolute atomic E-state index is 10.9. The molecule has 0 fully saturated rings. The molecule has 0 aliphatic rings. The van der Waals surface area contributed by atoms with Crippen LogP contribution < -0.4 is 5.73 Å². The SMILES string of the molecule is CCCCCC(=O)C(O)CN. The van der Waals surface area contributed by atoms with Crippen LogP contribution in [0.3, 0.4) is 0 Å². The van der Waals surface area contributed by atoms with Gasteiger partial charge in [-0.15, -0.1) is 0 Å². The van der Waals surface area contributed by atoms with Crippen molar-refractivity contribution in [2.45, 2.75) is 38.7 Å². The number of aliphatic hydroxyl groups is 1. The molecule has 1 unspecified atom stereocenters. The van der Waals surface area contributed by atoms with Gasteiger partial charge in [0.25, 0.3) is 0 Å². The van der Waals surface area contributed by atoms with Crippen molar-refractivity contribution in [2.24, 2.45) is 5.73 Å². The number of carbonyl (C=O) groups excluding carboxylic acids is 1. The third-order valence-electron chi connectivity index (χ3n) is 1.62. The Morgan fingerprint density at radius 2 is 2.18 bits per heavy atom. The van der Waals surface area contributed by atoms with Crippen LogP contribution in [-0.2, 0) is 4.79 Å². The van der Waals surface area contributed by atoms with E-state index in [1.165, 1.54) is 0 Å². The van der Waals surface area contributed by atoms with Crippen LogP contribution in [0.1, 0.15) is 32.6 Å². The standard InChI is InChI=1S/C8H17NO2/c1-2-3-4-5-7(10)8(11)6-9/h8,11H,2-6,9H2,1H3. The fourth-order valence-electron chi connectivity index (χ4n) is 0.847. The summed E-state index contributed by atoms with van der Waals surface area (Å²) >= 11 is 0. The van der Waals surface area contributed by atoms with Crippen molar-refractivity contribution in [3.63, 3.8) is 0 Å². The molecule has 0 aliphatic carbocycles. The number of carbonyl (C=O) groups is 1. The smallest absolute Gasteiger partial charge is 0.162 e. The van der Waals surface area contributed by atoms with Gasteiger partial charge < -0.3 is 10.8 Å². The van der Waals surface area contributed by atoms with Gasteiger partial charge in [0, 0.05) is 13.0 Å². The predicted octanol–water partition coefficient (Wildman–Crippen LogP) is 0.455. The number of hydrogen-bond donors (Lipinski definition) is 2. The highest BCUT2D eigenvalue weighted by molar-refractivity contribution is 5.82. The van der Waals surface area contributed by atoms with Gasteiger partial charge in [0.1, 0.15) is 6.10 Å². The number of rotatable bonds is 6. The largest absolute Gasteiger partial charge is 0.384 e. The lowest BCUT2D eigenvalue weighted by molar-refractivity contribution is -0.126. The van der Waals surface area contributed by atoms with E-state index in [-0.39, 0.29) is 12.3 Å². The van der Waals surface area contributed by atoms with Crippen molar-refractivity contribution in [1.29, 1.82) is 0 Å². The van der Waals surface area contributed by atoms with Crippen molar-refractivity contribution in [2.75, 3.05) is 6.54 Å². The lowest BCUT2D eigenvalue weighted by Crippen LogP contribution is -2.28. The molecule has 0 spiro atoms. The van der Waals surface area contributed by atoms with Crippen molar-refractivity contribution in [1.82, 2.24) is 0 Å². The molecular weight excluding hydrogens is 142 g/mol. The van der Waals surface area contributed by atoms with Crippen LogP contribution in [0, 0.1) is 0 Å². The summed E-state index contributed by atoms with van der Waals surface area (Å²) in [6, 6.07) is 0. The number of Topliss-reactive ketones (excluding diaryl/α,β-unsaturated/α-hetero) is 1. The average Bonchev–Trinajstić information content (AvgIpc) is 2.03. The number of ketones is 1. The zero-order valence-corrected chi connectivity index (χ0v) is 7.05. The Kier molecular flexibility index (Phi) is 6.07. The minimum absolute atomic E-state index is 0.0466. The van der Waals surface area contributed by atoms with Gasteiger partial charge >= 0.3 is 0 Å². The molecule has 3 heteroatoms. The van der Waals surface area contributed by atoms with E-state index < -0.39 is 6.10 Å². The molecule has 0 aromatic carbocycles. The fourth-order valence-corrected chi connectivity index (χ4v) is 0.847. The van der Waals surface area contributed by atoms with Gasteiger partial charge in [0.05, 0.1) is 0 Å². The van der Waals surface area contributed by atoms with E-state index in [1.807, 2.05) is 0 Å². The molecule has 3 N–H and O–H groups in total. The van der Waals surface area contributed by atoms with Gasteiger partial charge in [-0.2, -0.15) is 0 Å². The highest BCUT2D eigenvalue weighted by Crippen LogP contribution is 2.01. The van der Waals surface area contributed by atoms with E-state index in [1.54, 1.807) is 0 Å². The van der Waals surface area contributed by atoms with Crippen LogP contribution in [0.15, 0.2) is 0 Å². The summed E-state index contributed by atoms with van der Waals surface area (Å²) in [4.78, 5) is 10.9. The number of unbranched alkanes of at least 4 members (excludes halogenated alkanes) is 2. The molecule has 0 bridgehead atoms. The Morgan fingerprint density at radius 1 is 1.55 bits per heavy atom. The first-order valence-electron chi connectivity index (χ1n) is 4.13. The van der Waals surface area contributed by atoms with Crippen LogP contribution in [0.5, 0.6) is 0 Å². The van der Waals surface area contributed by atoms with Gasteiger partial charge in [-0.05, 0) is 6.42 Å². The monoisotopic (exact) mass is 159 g/mol. The lowest BCUT2D eigenvalue weighted by atomic mass is 10.1. The van der Waals surface area contributed by atoms with Crippen LogP contribution >= 0.6 is 0 Å². The maximum Gasteiger partial charge on any atom is 0.162 e. The molecule has 0 aromatic rings.